The van der Waals surface area contributed by atoms with Crippen LogP contribution in [0.1, 0.15) is 12.0 Å². The quantitative estimate of drug-likeness (QED) is 0.756. The molecule has 0 aliphatic rings. The molecule has 18 heavy (non-hydrogen) atoms. The highest BCUT2D eigenvalue weighted by atomic mass is 16.5. The molecular weight excluding hydrogens is 226 g/mol. The van der Waals surface area contributed by atoms with Crippen molar-refractivity contribution in [2.45, 2.75) is 13.0 Å². The molecule has 0 aliphatic carbocycles. The highest BCUT2D eigenvalue weighted by Crippen LogP contribution is 2.01. The van der Waals surface area contributed by atoms with Gasteiger partial charge in [0.05, 0.1) is 6.61 Å². The zero-order chi connectivity index (χ0) is 12.5. The number of rotatable bonds is 7. The number of aromatic nitrogens is 2. The summed E-state index contributed by atoms with van der Waals surface area (Å²) in [6, 6.07) is 14.0. The third-order valence-corrected chi connectivity index (χ3v) is 2.47. The largest absolute Gasteiger partial charge is 0.477 e. The smallest absolute Gasteiger partial charge is 0.233 e. The SMILES string of the molecule is c1ccc(CNCCCOc2cccnn2)cc1. The summed E-state index contributed by atoms with van der Waals surface area (Å²) in [6.07, 6.45) is 2.58. The maximum atomic E-state index is 5.44. The van der Waals surface area contributed by atoms with E-state index in [0.29, 0.717) is 12.5 Å². The number of benzene rings is 1. The minimum Gasteiger partial charge on any atom is -0.477 e. The van der Waals surface area contributed by atoms with E-state index in [1.807, 2.05) is 30.3 Å². The van der Waals surface area contributed by atoms with Crippen LogP contribution in [-0.4, -0.2) is 23.3 Å². The Morgan fingerprint density at radius 1 is 1.06 bits per heavy atom. The van der Waals surface area contributed by atoms with Gasteiger partial charge >= 0.3 is 0 Å². The lowest BCUT2D eigenvalue weighted by Crippen LogP contribution is -2.17. The predicted octanol–water partition coefficient (Wildman–Crippen LogP) is 2.04. The first kappa shape index (κ1) is 12.5. The van der Waals surface area contributed by atoms with Crippen LogP contribution in [0.3, 0.4) is 0 Å². The van der Waals surface area contributed by atoms with Gasteiger partial charge in [-0.2, -0.15) is 5.10 Å². The lowest BCUT2D eigenvalue weighted by molar-refractivity contribution is 0.293. The summed E-state index contributed by atoms with van der Waals surface area (Å²) in [4.78, 5) is 0. The van der Waals surface area contributed by atoms with E-state index in [0.717, 1.165) is 19.5 Å². The van der Waals surface area contributed by atoms with Crippen LogP contribution in [-0.2, 0) is 6.54 Å². The molecule has 1 aromatic heterocycles. The molecule has 1 heterocycles. The molecule has 94 valence electrons. The molecule has 0 amide bonds. The topological polar surface area (TPSA) is 47.0 Å². The Morgan fingerprint density at radius 2 is 1.94 bits per heavy atom. The van der Waals surface area contributed by atoms with Gasteiger partial charge < -0.3 is 10.1 Å². The third-order valence-electron chi connectivity index (χ3n) is 2.47. The van der Waals surface area contributed by atoms with Crippen LogP contribution in [0.15, 0.2) is 48.7 Å². The van der Waals surface area contributed by atoms with Crippen molar-refractivity contribution in [3.05, 3.63) is 54.2 Å². The fourth-order valence-corrected chi connectivity index (χ4v) is 1.57. The van der Waals surface area contributed by atoms with Gasteiger partial charge in [-0.25, -0.2) is 0 Å². The van der Waals surface area contributed by atoms with E-state index in [9.17, 15) is 0 Å². The zero-order valence-corrected chi connectivity index (χ0v) is 10.2. The fraction of sp³-hybridized carbons (Fsp3) is 0.286. The Hall–Kier alpha value is -1.94. The number of hydrogen-bond acceptors (Lipinski definition) is 4. The highest BCUT2D eigenvalue weighted by Gasteiger charge is 1.94. The van der Waals surface area contributed by atoms with E-state index in [1.165, 1.54) is 5.56 Å². The monoisotopic (exact) mass is 243 g/mol. The Kier molecular flexibility index (Phi) is 5.14. The number of nitrogens with zero attached hydrogens (tertiary/aromatic N) is 2. The standard InChI is InChI=1S/C14H17N3O/c1-2-6-13(7-3-1)12-15-9-5-11-18-14-8-4-10-16-17-14/h1-4,6-8,10,15H,5,9,11-12H2. The molecule has 0 saturated heterocycles. The molecule has 0 spiro atoms. The average molecular weight is 243 g/mol. The third kappa shape index (κ3) is 4.51. The molecule has 0 saturated carbocycles. The van der Waals surface area contributed by atoms with Gasteiger partial charge in [-0.1, -0.05) is 30.3 Å². The molecule has 0 fully saturated rings. The van der Waals surface area contributed by atoms with Gasteiger partial charge in [0, 0.05) is 18.8 Å². The molecule has 0 aliphatic heterocycles. The van der Waals surface area contributed by atoms with Crippen molar-refractivity contribution >= 4 is 0 Å². The van der Waals surface area contributed by atoms with Gasteiger partial charge in [-0.05, 0) is 24.6 Å². The summed E-state index contributed by atoms with van der Waals surface area (Å²) in [6.45, 7) is 2.47. The number of ether oxygens (including phenoxy) is 1. The van der Waals surface area contributed by atoms with Gasteiger partial charge in [0.25, 0.3) is 0 Å². The molecular formula is C14H17N3O. The second kappa shape index (κ2) is 7.40. The summed E-state index contributed by atoms with van der Waals surface area (Å²) < 4.78 is 5.44. The Labute approximate surface area is 107 Å². The number of nitrogens with one attached hydrogen (secondary N) is 1. The second-order valence-electron chi connectivity index (χ2n) is 3.93. The van der Waals surface area contributed by atoms with E-state index >= 15 is 0 Å². The van der Waals surface area contributed by atoms with E-state index in [-0.39, 0.29) is 0 Å². The van der Waals surface area contributed by atoms with Crippen molar-refractivity contribution in [1.29, 1.82) is 0 Å². The summed E-state index contributed by atoms with van der Waals surface area (Å²) in [5.41, 5.74) is 1.30. The zero-order valence-electron chi connectivity index (χ0n) is 10.2. The molecule has 0 unspecified atom stereocenters. The van der Waals surface area contributed by atoms with Crippen LogP contribution in [0.4, 0.5) is 0 Å². The molecule has 4 nitrogen and oxygen atoms in total. The van der Waals surface area contributed by atoms with Crippen LogP contribution < -0.4 is 10.1 Å². The maximum absolute atomic E-state index is 5.44. The molecule has 0 atom stereocenters. The highest BCUT2D eigenvalue weighted by molar-refractivity contribution is 5.14. The van der Waals surface area contributed by atoms with Crippen molar-refractivity contribution in [3.8, 4) is 5.88 Å². The fourth-order valence-electron chi connectivity index (χ4n) is 1.57. The minimum atomic E-state index is 0.584. The van der Waals surface area contributed by atoms with Crippen LogP contribution in [0, 0.1) is 0 Å². The Morgan fingerprint density at radius 3 is 2.72 bits per heavy atom. The first-order chi connectivity index (χ1) is 8.95. The summed E-state index contributed by atoms with van der Waals surface area (Å²) in [5.74, 6) is 0.584. The molecule has 4 heteroatoms. The van der Waals surface area contributed by atoms with Gasteiger partial charge in [0.2, 0.25) is 5.88 Å². The molecule has 1 aromatic carbocycles. The second-order valence-corrected chi connectivity index (χ2v) is 3.93. The first-order valence-corrected chi connectivity index (χ1v) is 6.10. The number of hydrogen-bond donors (Lipinski definition) is 1. The van der Waals surface area contributed by atoms with Gasteiger partial charge in [-0.15, -0.1) is 5.10 Å². The first-order valence-electron chi connectivity index (χ1n) is 6.10. The Bertz CT molecular complexity index is 390. The van der Waals surface area contributed by atoms with Crippen molar-refractivity contribution in [2.24, 2.45) is 0 Å². The molecule has 2 rings (SSSR count). The lowest BCUT2D eigenvalue weighted by atomic mass is 10.2. The predicted molar refractivity (Wildman–Crippen MR) is 70.3 cm³/mol. The molecule has 2 aromatic rings. The van der Waals surface area contributed by atoms with Crippen LogP contribution in [0.5, 0.6) is 5.88 Å². The van der Waals surface area contributed by atoms with Crippen molar-refractivity contribution < 1.29 is 4.74 Å². The van der Waals surface area contributed by atoms with E-state index in [1.54, 1.807) is 6.20 Å². The van der Waals surface area contributed by atoms with Crippen molar-refractivity contribution in [1.82, 2.24) is 15.5 Å². The van der Waals surface area contributed by atoms with Gasteiger partial charge in [0.1, 0.15) is 0 Å². The summed E-state index contributed by atoms with van der Waals surface area (Å²) in [5, 5.41) is 11.0. The molecule has 0 bridgehead atoms. The van der Waals surface area contributed by atoms with Crippen LogP contribution in [0.25, 0.3) is 0 Å². The molecule has 1 N–H and O–H groups in total. The molecule has 0 radical (unpaired) electrons. The minimum absolute atomic E-state index is 0.584. The van der Waals surface area contributed by atoms with Crippen LogP contribution >= 0.6 is 0 Å². The Balaban J connectivity index is 1.54. The normalized spacial score (nSPS) is 10.2. The summed E-state index contributed by atoms with van der Waals surface area (Å²) in [7, 11) is 0. The van der Waals surface area contributed by atoms with E-state index in [4.69, 9.17) is 4.74 Å². The van der Waals surface area contributed by atoms with Crippen molar-refractivity contribution in [3.63, 3.8) is 0 Å². The van der Waals surface area contributed by atoms with Gasteiger partial charge in [0.15, 0.2) is 0 Å². The van der Waals surface area contributed by atoms with Gasteiger partial charge in [-0.3, -0.25) is 0 Å². The average Bonchev–Trinajstić information content (AvgIpc) is 2.45. The van der Waals surface area contributed by atoms with Crippen molar-refractivity contribution in [2.75, 3.05) is 13.2 Å². The van der Waals surface area contributed by atoms with E-state index in [2.05, 4.69) is 27.6 Å². The maximum Gasteiger partial charge on any atom is 0.233 e. The lowest BCUT2D eigenvalue weighted by Gasteiger charge is -2.06. The summed E-state index contributed by atoms with van der Waals surface area (Å²) >= 11 is 0. The van der Waals surface area contributed by atoms with E-state index < -0.39 is 0 Å². The van der Waals surface area contributed by atoms with Crippen LogP contribution in [0.2, 0.25) is 0 Å².